The average molecular weight is 239 g/mol. The molecule has 0 aromatic carbocycles. The first-order valence-corrected chi connectivity index (χ1v) is 4.44. The van der Waals surface area contributed by atoms with Crippen LogP contribution in [0.25, 0.3) is 0 Å². The fourth-order valence-corrected chi connectivity index (χ4v) is 0. The van der Waals surface area contributed by atoms with Crippen LogP contribution in [0.3, 0.4) is 0 Å². The Kier molecular flexibility index (Phi) is 25.7. The summed E-state index contributed by atoms with van der Waals surface area (Å²) in [6.07, 6.45) is 0. The average Bonchev–Trinajstić information content (AvgIpc) is 1.60. The summed E-state index contributed by atoms with van der Waals surface area (Å²) in [7, 11) is 1.86. The Labute approximate surface area is 79.3 Å². The molecule has 0 saturated carbocycles. The van der Waals surface area contributed by atoms with Crippen LogP contribution in [0.4, 0.5) is 9.59 Å². The zero-order valence-electron chi connectivity index (χ0n) is 5.88. The van der Waals surface area contributed by atoms with Gasteiger partial charge in [-0.2, -0.15) is 0 Å². The predicted molar refractivity (Wildman–Crippen MR) is 48.7 cm³/mol. The van der Waals surface area contributed by atoms with Crippen molar-refractivity contribution in [2.24, 2.45) is 0 Å². The molecule has 0 amide bonds. The van der Waals surface area contributed by atoms with Crippen LogP contribution in [0.5, 0.6) is 0 Å². The zero-order chi connectivity index (χ0) is 9.86. The Bertz CT molecular complexity index is 88.7. The maximum absolute atomic E-state index is 8.77. The molecule has 0 aromatic rings. The minimum atomic E-state index is -1.36. The molecule has 5 nitrogen and oxygen atoms in total. The highest BCUT2D eigenvalue weighted by atomic mass is 35.5. The normalized spacial score (nSPS) is 6.73. The quantitative estimate of drug-likeness (QED) is 0.434. The lowest BCUT2D eigenvalue weighted by Crippen LogP contribution is -1.66. The van der Waals surface area contributed by atoms with Crippen molar-refractivity contribution >= 4 is 55.0 Å². The predicted octanol–water partition coefficient (Wildman–Crippen LogP) is -0.630. The van der Waals surface area contributed by atoms with Crippen LogP contribution < -0.4 is 0 Å². The largest absolute Gasteiger partial charge is 0.471 e. The van der Waals surface area contributed by atoms with E-state index in [0.717, 1.165) is 21.0 Å². The second-order valence-electron chi connectivity index (χ2n) is 0.914. The molecule has 0 aliphatic heterocycles. The number of hydrogen-bond donors (Lipinski definition) is 2. The highest BCUT2D eigenvalue weighted by molar-refractivity contribution is 6.60. The van der Waals surface area contributed by atoms with Crippen LogP contribution in [-0.4, -0.2) is 42.0 Å². The number of halogens is 2. The van der Waals surface area contributed by atoms with Gasteiger partial charge >= 0.3 is 10.9 Å². The molecule has 0 spiro atoms. The lowest BCUT2D eigenvalue weighted by Gasteiger charge is -1.62. The molecule has 0 aliphatic rings. The van der Waals surface area contributed by atoms with E-state index < -0.39 is 10.9 Å². The van der Waals surface area contributed by atoms with Crippen LogP contribution in [0.15, 0.2) is 0 Å². The van der Waals surface area contributed by atoms with Crippen molar-refractivity contribution in [1.82, 2.24) is 0 Å². The molecule has 68 valence electrons. The van der Waals surface area contributed by atoms with E-state index in [2.05, 4.69) is 27.3 Å². The first kappa shape index (κ1) is 17.1. The van der Waals surface area contributed by atoms with Crippen LogP contribution in [-0.2, 0) is 4.12 Å². The third-order valence-corrected chi connectivity index (χ3v) is 0. The van der Waals surface area contributed by atoms with Gasteiger partial charge in [0, 0.05) is 23.2 Å². The van der Waals surface area contributed by atoms with Crippen LogP contribution in [0.2, 0.25) is 0 Å². The zero-order valence-corrected chi connectivity index (χ0v) is 11.4. The fraction of sp³-hybridized carbons (Fsp3) is 0. The summed E-state index contributed by atoms with van der Waals surface area (Å²) in [5.74, 6) is 0. The third-order valence-electron chi connectivity index (χ3n) is 0. The molecule has 0 aromatic heterocycles. The Morgan fingerprint density at radius 1 is 1.09 bits per heavy atom. The first-order chi connectivity index (χ1) is 4.88. The van der Waals surface area contributed by atoms with Crippen molar-refractivity contribution in [2.75, 3.05) is 0 Å². The molecular weight excluding hydrogens is 231 g/mol. The Balaban J connectivity index is -0.0000000886. The molecule has 0 radical (unpaired) electrons. The summed E-state index contributed by atoms with van der Waals surface area (Å²) >= 11 is 8.38. The van der Waals surface area contributed by atoms with Gasteiger partial charge in [-0.1, -0.05) is 0 Å². The van der Waals surface area contributed by atoms with Gasteiger partial charge in [-0.3, -0.25) is 0 Å². The van der Waals surface area contributed by atoms with Gasteiger partial charge in [0.15, 0.2) is 0 Å². The third kappa shape index (κ3) is 83500. The fourth-order valence-electron chi connectivity index (χ4n) is 0. The standard InChI is InChI=1S/2CHClO2.H6OSi2/c2*2-1(3)4;2-1-3/h2*(H,3,4);2-3H3. The van der Waals surface area contributed by atoms with Gasteiger partial charge in [-0.05, 0) is 0 Å². The van der Waals surface area contributed by atoms with Crippen molar-refractivity contribution < 1.29 is 23.9 Å². The van der Waals surface area contributed by atoms with E-state index in [4.69, 9.17) is 19.8 Å². The van der Waals surface area contributed by atoms with Crippen molar-refractivity contribution in [3.63, 3.8) is 0 Å². The van der Waals surface area contributed by atoms with E-state index in [-0.39, 0.29) is 0 Å². The molecule has 2 N–H and O–H groups in total. The molecule has 0 rings (SSSR count). The van der Waals surface area contributed by atoms with E-state index in [0.29, 0.717) is 0 Å². The monoisotopic (exact) mass is 238 g/mol. The molecular formula is C2H8Cl2O5Si2. The summed E-state index contributed by atoms with van der Waals surface area (Å²) < 4.78 is 4.53. The Hall–Kier alpha value is -0.0862. The van der Waals surface area contributed by atoms with Crippen LogP contribution in [0, 0.1) is 0 Å². The van der Waals surface area contributed by atoms with Crippen LogP contribution >= 0.6 is 23.2 Å². The van der Waals surface area contributed by atoms with Gasteiger partial charge in [0.25, 0.3) is 0 Å². The summed E-state index contributed by atoms with van der Waals surface area (Å²) in [5, 5.41) is 14.4. The lowest BCUT2D eigenvalue weighted by atomic mass is 11.6. The van der Waals surface area contributed by atoms with Crippen molar-refractivity contribution in [2.45, 2.75) is 0 Å². The van der Waals surface area contributed by atoms with E-state index in [1.54, 1.807) is 0 Å². The minimum Gasteiger partial charge on any atom is -0.471 e. The van der Waals surface area contributed by atoms with E-state index in [9.17, 15) is 0 Å². The number of rotatable bonds is 0. The number of carbonyl (C=O) groups is 2. The summed E-state index contributed by atoms with van der Waals surface area (Å²) in [5.41, 5.74) is -2.72. The van der Waals surface area contributed by atoms with Gasteiger partial charge in [0.1, 0.15) is 21.0 Å². The van der Waals surface area contributed by atoms with E-state index >= 15 is 0 Å². The van der Waals surface area contributed by atoms with Crippen molar-refractivity contribution in [3.8, 4) is 0 Å². The molecule has 11 heavy (non-hydrogen) atoms. The van der Waals surface area contributed by atoms with E-state index in [1.165, 1.54) is 0 Å². The summed E-state index contributed by atoms with van der Waals surface area (Å²) in [6, 6.07) is 0. The summed E-state index contributed by atoms with van der Waals surface area (Å²) in [6.45, 7) is 0. The van der Waals surface area contributed by atoms with Gasteiger partial charge in [-0.25, -0.2) is 9.59 Å². The van der Waals surface area contributed by atoms with Gasteiger partial charge in [0.2, 0.25) is 0 Å². The Morgan fingerprint density at radius 2 is 1.09 bits per heavy atom. The van der Waals surface area contributed by atoms with Gasteiger partial charge in [0.05, 0.1) is 0 Å². The van der Waals surface area contributed by atoms with Gasteiger partial charge in [-0.15, -0.1) is 0 Å². The SMILES string of the molecule is O=C(O)Cl.O=C(O)Cl.[SiH3]O[SiH3]. The van der Waals surface area contributed by atoms with Gasteiger partial charge < -0.3 is 14.3 Å². The second-order valence-corrected chi connectivity index (χ2v) is 4.83. The topological polar surface area (TPSA) is 83.8 Å². The number of carboxylic acid groups (broad SMARTS) is 2. The van der Waals surface area contributed by atoms with E-state index in [1.807, 2.05) is 0 Å². The molecule has 9 heteroatoms. The number of hydrogen-bond acceptors (Lipinski definition) is 3. The highest BCUT2D eigenvalue weighted by Gasteiger charge is 1.71. The smallest absolute Gasteiger partial charge is 0.401 e. The lowest BCUT2D eigenvalue weighted by molar-refractivity contribution is 0.219. The van der Waals surface area contributed by atoms with Crippen LogP contribution in [0.1, 0.15) is 0 Å². The molecule has 0 heterocycles. The molecule has 0 unspecified atom stereocenters. The molecule has 0 bridgehead atoms. The molecule has 0 saturated heterocycles. The van der Waals surface area contributed by atoms with Crippen molar-refractivity contribution in [3.05, 3.63) is 0 Å². The second kappa shape index (κ2) is 16.5. The molecule has 0 aliphatic carbocycles. The maximum Gasteiger partial charge on any atom is 0.401 e. The van der Waals surface area contributed by atoms with Crippen molar-refractivity contribution in [1.29, 1.82) is 0 Å². The Morgan fingerprint density at radius 3 is 1.09 bits per heavy atom. The summed E-state index contributed by atoms with van der Waals surface area (Å²) in [4.78, 5) is 17.5. The highest BCUT2D eigenvalue weighted by Crippen LogP contribution is 1.68. The molecule has 0 fully saturated rings. The molecule has 0 atom stereocenters. The first-order valence-electron chi connectivity index (χ1n) is 2.05. The minimum absolute atomic E-state index is 0.931. The maximum atomic E-state index is 8.77.